The molecule has 0 saturated carbocycles. The third-order valence-corrected chi connectivity index (χ3v) is 5.36. The van der Waals surface area contributed by atoms with Crippen LogP contribution in [0.25, 0.3) is 10.9 Å². The molecule has 8 heteroatoms. The zero-order chi connectivity index (χ0) is 21.8. The number of para-hydroxylation sites is 1. The predicted molar refractivity (Wildman–Crippen MR) is 119 cm³/mol. The third-order valence-electron chi connectivity index (χ3n) is 5.36. The van der Waals surface area contributed by atoms with E-state index in [1.165, 1.54) is 4.68 Å². The summed E-state index contributed by atoms with van der Waals surface area (Å²) in [5, 5.41) is 11.5. The summed E-state index contributed by atoms with van der Waals surface area (Å²) in [6.45, 7) is 6.78. The summed E-state index contributed by atoms with van der Waals surface area (Å²) in [6, 6.07) is 14.9. The number of hydrogen-bond donors (Lipinski definition) is 1. The smallest absolute Gasteiger partial charge is 0.277 e. The molecule has 1 aliphatic heterocycles. The Morgan fingerprint density at radius 1 is 1.10 bits per heavy atom. The van der Waals surface area contributed by atoms with E-state index < -0.39 is 0 Å². The molecule has 1 fully saturated rings. The molecule has 8 nitrogen and oxygen atoms in total. The quantitative estimate of drug-likeness (QED) is 0.658. The van der Waals surface area contributed by atoms with Crippen molar-refractivity contribution in [1.82, 2.24) is 19.9 Å². The highest BCUT2D eigenvalue weighted by Crippen LogP contribution is 2.20. The number of rotatable bonds is 6. The van der Waals surface area contributed by atoms with Crippen molar-refractivity contribution < 1.29 is 9.53 Å². The number of fused-ring (bicyclic) bond motifs is 1. The van der Waals surface area contributed by atoms with Gasteiger partial charge >= 0.3 is 0 Å². The van der Waals surface area contributed by atoms with Gasteiger partial charge in [-0.05, 0) is 37.6 Å². The zero-order valence-electron chi connectivity index (χ0n) is 17.8. The molecule has 0 radical (unpaired) electrons. The lowest BCUT2D eigenvalue weighted by molar-refractivity contribution is -0.116. The van der Waals surface area contributed by atoms with Gasteiger partial charge < -0.3 is 10.1 Å². The van der Waals surface area contributed by atoms with Gasteiger partial charge in [0.1, 0.15) is 5.52 Å². The van der Waals surface area contributed by atoms with Crippen LogP contribution in [0.1, 0.15) is 25.8 Å². The first-order chi connectivity index (χ1) is 15.0. The topological polar surface area (TPSA) is 89.4 Å². The predicted octanol–water partition coefficient (Wildman–Crippen LogP) is 2.43. The minimum Gasteiger partial charge on any atom is -0.373 e. The average Bonchev–Trinajstić information content (AvgIpc) is 2.74. The Morgan fingerprint density at radius 2 is 1.81 bits per heavy atom. The van der Waals surface area contributed by atoms with Crippen LogP contribution in [-0.4, -0.2) is 51.1 Å². The zero-order valence-corrected chi connectivity index (χ0v) is 17.8. The molecular formula is C23H27N5O3. The van der Waals surface area contributed by atoms with Crippen molar-refractivity contribution >= 4 is 22.5 Å². The molecule has 2 unspecified atom stereocenters. The van der Waals surface area contributed by atoms with Crippen LogP contribution in [-0.2, 0) is 22.6 Å². The SMILES string of the molecule is CC1CN(Cc2ccccc2NC(=O)CCn2nnc3ccccc3c2=O)CC(C)O1. The molecule has 0 aliphatic carbocycles. The molecule has 3 aromatic rings. The van der Waals surface area contributed by atoms with Gasteiger partial charge in [0.2, 0.25) is 5.91 Å². The molecule has 4 rings (SSSR count). The lowest BCUT2D eigenvalue weighted by Crippen LogP contribution is -2.44. The summed E-state index contributed by atoms with van der Waals surface area (Å²) in [5.74, 6) is -0.168. The molecule has 2 aromatic carbocycles. The molecule has 2 heterocycles. The number of nitrogens with one attached hydrogen (secondary N) is 1. The Hall–Kier alpha value is -3.10. The second-order valence-corrected chi connectivity index (χ2v) is 8.04. The maximum Gasteiger partial charge on any atom is 0.277 e. The highest BCUT2D eigenvalue weighted by molar-refractivity contribution is 5.91. The van der Waals surface area contributed by atoms with Crippen LogP contribution in [0.15, 0.2) is 53.3 Å². The van der Waals surface area contributed by atoms with E-state index in [0.29, 0.717) is 10.9 Å². The van der Waals surface area contributed by atoms with E-state index in [1.54, 1.807) is 18.2 Å². The van der Waals surface area contributed by atoms with Gasteiger partial charge in [-0.3, -0.25) is 14.5 Å². The van der Waals surface area contributed by atoms with Gasteiger partial charge in [-0.25, -0.2) is 4.68 Å². The van der Waals surface area contributed by atoms with Crippen LogP contribution in [0.5, 0.6) is 0 Å². The van der Waals surface area contributed by atoms with Crippen molar-refractivity contribution in [3.05, 3.63) is 64.4 Å². The number of aromatic nitrogens is 3. The highest BCUT2D eigenvalue weighted by Gasteiger charge is 2.23. The Kier molecular flexibility index (Phi) is 6.39. The first-order valence-corrected chi connectivity index (χ1v) is 10.6. The fourth-order valence-corrected chi connectivity index (χ4v) is 4.02. The van der Waals surface area contributed by atoms with E-state index in [0.717, 1.165) is 30.9 Å². The number of ether oxygens (including phenoxy) is 1. The van der Waals surface area contributed by atoms with Crippen molar-refractivity contribution in [3.63, 3.8) is 0 Å². The maximum absolute atomic E-state index is 12.6. The normalized spacial score (nSPS) is 19.4. The molecule has 1 amide bonds. The monoisotopic (exact) mass is 421 g/mol. The summed E-state index contributed by atoms with van der Waals surface area (Å²) >= 11 is 0. The summed E-state index contributed by atoms with van der Waals surface area (Å²) in [4.78, 5) is 27.5. The van der Waals surface area contributed by atoms with E-state index in [-0.39, 0.29) is 36.6 Å². The Bertz CT molecular complexity index is 1120. The van der Waals surface area contributed by atoms with Gasteiger partial charge in [-0.2, -0.15) is 0 Å². The first-order valence-electron chi connectivity index (χ1n) is 10.6. The minimum absolute atomic E-state index is 0.132. The number of hydrogen-bond acceptors (Lipinski definition) is 6. The van der Waals surface area contributed by atoms with Crippen molar-refractivity contribution in [2.24, 2.45) is 0 Å². The van der Waals surface area contributed by atoms with Gasteiger partial charge in [-0.1, -0.05) is 35.5 Å². The second kappa shape index (κ2) is 9.36. The summed E-state index contributed by atoms with van der Waals surface area (Å²) < 4.78 is 7.05. The van der Waals surface area contributed by atoms with E-state index >= 15 is 0 Å². The molecule has 0 bridgehead atoms. The number of amides is 1. The van der Waals surface area contributed by atoms with Gasteiger partial charge in [0.05, 0.1) is 24.1 Å². The van der Waals surface area contributed by atoms with Gasteiger partial charge in [-0.15, -0.1) is 5.10 Å². The number of aryl methyl sites for hydroxylation is 1. The van der Waals surface area contributed by atoms with Crippen LogP contribution in [0.3, 0.4) is 0 Å². The van der Waals surface area contributed by atoms with Crippen LogP contribution >= 0.6 is 0 Å². The number of anilines is 1. The lowest BCUT2D eigenvalue weighted by atomic mass is 10.1. The molecule has 1 saturated heterocycles. The van der Waals surface area contributed by atoms with E-state index in [2.05, 4.69) is 34.4 Å². The molecule has 1 aromatic heterocycles. The fourth-order valence-electron chi connectivity index (χ4n) is 4.02. The molecular weight excluding hydrogens is 394 g/mol. The highest BCUT2D eigenvalue weighted by atomic mass is 16.5. The largest absolute Gasteiger partial charge is 0.373 e. The van der Waals surface area contributed by atoms with Crippen molar-refractivity contribution in [1.29, 1.82) is 0 Å². The van der Waals surface area contributed by atoms with Crippen molar-refractivity contribution in [2.75, 3.05) is 18.4 Å². The van der Waals surface area contributed by atoms with Crippen LogP contribution in [0.2, 0.25) is 0 Å². The average molecular weight is 422 g/mol. The molecule has 1 N–H and O–H groups in total. The van der Waals surface area contributed by atoms with Gasteiger partial charge in [0.25, 0.3) is 5.56 Å². The Labute approximate surface area is 180 Å². The number of carbonyl (C=O) groups excluding carboxylic acids is 1. The minimum atomic E-state index is -0.241. The molecule has 162 valence electrons. The molecule has 2 atom stereocenters. The summed E-state index contributed by atoms with van der Waals surface area (Å²) in [6.07, 6.45) is 0.506. The van der Waals surface area contributed by atoms with Gasteiger partial charge in [0, 0.05) is 31.7 Å². The first kappa shape index (κ1) is 21.1. The Balaban J connectivity index is 1.40. The van der Waals surface area contributed by atoms with Crippen LogP contribution in [0, 0.1) is 0 Å². The summed E-state index contributed by atoms with van der Waals surface area (Å²) in [7, 11) is 0. The molecule has 1 aliphatic rings. The van der Waals surface area contributed by atoms with Crippen molar-refractivity contribution in [3.8, 4) is 0 Å². The number of nitrogens with zero attached hydrogens (tertiary/aromatic N) is 4. The van der Waals surface area contributed by atoms with E-state index in [4.69, 9.17) is 4.74 Å². The third kappa shape index (κ3) is 5.15. The fraction of sp³-hybridized carbons (Fsp3) is 0.391. The van der Waals surface area contributed by atoms with Gasteiger partial charge in [0.15, 0.2) is 0 Å². The number of benzene rings is 2. The number of carbonyl (C=O) groups is 1. The van der Waals surface area contributed by atoms with Crippen LogP contribution < -0.4 is 10.9 Å². The maximum atomic E-state index is 12.6. The number of morpholine rings is 1. The molecule has 0 spiro atoms. The van der Waals surface area contributed by atoms with E-state index in [9.17, 15) is 9.59 Å². The van der Waals surface area contributed by atoms with Crippen LogP contribution in [0.4, 0.5) is 5.69 Å². The lowest BCUT2D eigenvalue weighted by Gasteiger charge is -2.35. The second-order valence-electron chi connectivity index (χ2n) is 8.04. The van der Waals surface area contributed by atoms with Crippen molar-refractivity contribution in [2.45, 2.75) is 45.6 Å². The standard InChI is InChI=1S/C23H27N5O3/c1-16-13-27(14-17(2)31-16)15-18-7-3-5-9-20(18)24-22(29)11-12-28-23(30)19-8-4-6-10-21(19)25-26-28/h3-10,16-17H,11-15H2,1-2H3,(H,24,29). The molecule has 31 heavy (non-hydrogen) atoms. The van der Waals surface area contributed by atoms with E-state index in [1.807, 2.05) is 30.3 Å². The summed E-state index contributed by atoms with van der Waals surface area (Å²) in [5.41, 5.74) is 2.15. The Morgan fingerprint density at radius 3 is 2.61 bits per heavy atom.